The van der Waals surface area contributed by atoms with E-state index in [1.165, 1.54) is 0 Å². The molecule has 0 aliphatic rings. The van der Waals surface area contributed by atoms with Crippen LogP contribution in [0.1, 0.15) is 12.5 Å². The number of benzene rings is 3. The van der Waals surface area contributed by atoms with E-state index in [1.807, 2.05) is 97.9 Å². The van der Waals surface area contributed by atoms with E-state index in [-0.39, 0.29) is 0 Å². The lowest BCUT2D eigenvalue weighted by Gasteiger charge is -2.09. The Morgan fingerprint density at radius 2 is 1.48 bits per heavy atom. The molecule has 4 aromatic rings. The van der Waals surface area contributed by atoms with Crippen molar-refractivity contribution < 1.29 is 0 Å². The maximum absolute atomic E-state index is 5.88. The fourth-order valence-electron chi connectivity index (χ4n) is 2.95. The molecule has 0 bridgehead atoms. The van der Waals surface area contributed by atoms with Gasteiger partial charge in [0.05, 0.1) is 11.4 Å². The highest BCUT2D eigenvalue weighted by molar-refractivity contribution is 5.99. The van der Waals surface area contributed by atoms with Gasteiger partial charge in [0.2, 0.25) is 0 Å². The molecule has 142 valence electrons. The SMILES string of the molecule is C/C(=N/Nc1cc(-c2ccccc2)nc(-c2ccccc2)n1)c1cccc(N)c1. The molecule has 0 aliphatic carbocycles. The number of hydrazone groups is 1. The predicted molar refractivity (Wildman–Crippen MR) is 120 cm³/mol. The van der Waals surface area contributed by atoms with Gasteiger partial charge >= 0.3 is 0 Å². The number of aromatic nitrogens is 2. The zero-order valence-corrected chi connectivity index (χ0v) is 16.1. The molecule has 0 aliphatic heterocycles. The monoisotopic (exact) mass is 379 g/mol. The van der Waals surface area contributed by atoms with Crippen molar-refractivity contribution in [2.75, 3.05) is 11.2 Å². The minimum absolute atomic E-state index is 0.626. The Balaban J connectivity index is 1.71. The second kappa shape index (κ2) is 8.35. The molecule has 0 atom stereocenters. The molecule has 3 N–H and O–H groups in total. The van der Waals surface area contributed by atoms with Crippen LogP contribution >= 0.6 is 0 Å². The molecule has 0 fully saturated rings. The van der Waals surface area contributed by atoms with Crippen molar-refractivity contribution in [2.45, 2.75) is 6.92 Å². The van der Waals surface area contributed by atoms with Crippen molar-refractivity contribution in [2.24, 2.45) is 5.10 Å². The van der Waals surface area contributed by atoms with Gasteiger partial charge in [-0.1, -0.05) is 72.8 Å². The van der Waals surface area contributed by atoms with Gasteiger partial charge in [-0.3, -0.25) is 5.43 Å². The minimum atomic E-state index is 0.626. The Kier molecular flexibility index (Phi) is 5.29. The molecule has 0 saturated heterocycles. The average Bonchev–Trinajstić information content (AvgIpc) is 2.78. The minimum Gasteiger partial charge on any atom is -0.399 e. The second-order valence-electron chi connectivity index (χ2n) is 6.63. The Morgan fingerprint density at radius 1 is 0.793 bits per heavy atom. The van der Waals surface area contributed by atoms with Crippen molar-refractivity contribution >= 4 is 17.2 Å². The smallest absolute Gasteiger partial charge is 0.162 e. The van der Waals surface area contributed by atoms with E-state index in [2.05, 4.69) is 15.5 Å². The fraction of sp³-hybridized carbons (Fsp3) is 0.0417. The fourth-order valence-corrected chi connectivity index (χ4v) is 2.95. The molecule has 1 aromatic heterocycles. The van der Waals surface area contributed by atoms with E-state index in [1.54, 1.807) is 0 Å². The number of hydrogen-bond acceptors (Lipinski definition) is 5. The molecule has 4 rings (SSSR count). The quantitative estimate of drug-likeness (QED) is 0.283. The second-order valence-corrected chi connectivity index (χ2v) is 6.63. The molecule has 0 radical (unpaired) electrons. The summed E-state index contributed by atoms with van der Waals surface area (Å²) >= 11 is 0. The summed E-state index contributed by atoms with van der Waals surface area (Å²) < 4.78 is 0. The van der Waals surface area contributed by atoms with Gasteiger partial charge < -0.3 is 5.73 Å². The molecule has 29 heavy (non-hydrogen) atoms. The average molecular weight is 379 g/mol. The van der Waals surface area contributed by atoms with Crippen LogP contribution in [0.3, 0.4) is 0 Å². The zero-order chi connectivity index (χ0) is 20.1. The molecular weight excluding hydrogens is 358 g/mol. The van der Waals surface area contributed by atoms with E-state index >= 15 is 0 Å². The largest absolute Gasteiger partial charge is 0.399 e. The van der Waals surface area contributed by atoms with Gasteiger partial charge in [-0.25, -0.2) is 9.97 Å². The number of nitrogen functional groups attached to an aromatic ring is 1. The first-order valence-electron chi connectivity index (χ1n) is 9.35. The summed E-state index contributed by atoms with van der Waals surface area (Å²) in [5.41, 5.74) is 14.2. The summed E-state index contributed by atoms with van der Waals surface area (Å²) in [5, 5.41) is 4.50. The number of nitrogens with one attached hydrogen (secondary N) is 1. The van der Waals surface area contributed by atoms with Gasteiger partial charge in [-0.15, -0.1) is 0 Å². The summed E-state index contributed by atoms with van der Waals surface area (Å²) in [4.78, 5) is 9.41. The highest BCUT2D eigenvalue weighted by atomic mass is 15.3. The molecule has 3 aromatic carbocycles. The van der Waals surface area contributed by atoms with Crippen molar-refractivity contribution in [3.8, 4) is 22.6 Å². The molecule has 0 amide bonds. The maximum Gasteiger partial charge on any atom is 0.162 e. The standard InChI is InChI=1S/C24H21N5/c1-17(20-13-8-14-21(25)15-20)28-29-23-16-22(18-9-4-2-5-10-18)26-24(27-23)19-11-6-3-7-12-19/h2-16H,25H2,1H3,(H,26,27,29)/b28-17-. The molecule has 0 spiro atoms. The summed E-state index contributed by atoms with van der Waals surface area (Å²) in [6, 6.07) is 29.5. The molecule has 5 heteroatoms. The number of nitrogens with two attached hydrogens (primary N) is 1. The lowest BCUT2D eigenvalue weighted by molar-refractivity contribution is 1.15. The first-order chi connectivity index (χ1) is 14.2. The predicted octanol–water partition coefficient (Wildman–Crippen LogP) is 5.23. The number of anilines is 2. The van der Waals surface area contributed by atoms with Gasteiger partial charge in [-0.2, -0.15) is 5.10 Å². The highest BCUT2D eigenvalue weighted by Gasteiger charge is 2.08. The van der Waals surface area contributed by atoms with Gasteiger partial charge in [0.15, 0.2) is 11.6 Å². The van der Waals surface area contributed by atoms with E-state index in [0.717, 1.165) is 28.1 Å². The Hall–Kier alpha value is -3.99. The Morgan fingerprint density at radius 3 is 2.17 bits per heavy atom. The third-order valence-corrected chi connectivity index (χ3v) is 4.47. The number of rotatable bonds is 5. The Labute approximate surface area is 170 Å². The third-order valence-electron chi connectivity index (χ3n) is 4.47. The summed E-state index contributed by atoms with van der Waals surface area (Å²) in [6.07, 6.45) is 0. The van der Waals surface area contributed by atoms with Crippen LogP contribution in [0.15, 0.2) is 96.1 Å². The first-order valence-corrected chi connectivity index (χ1v) is 9.35. The van der Waals surface area contributed by atoms with Crippen LogP contribution in [0.4, 0.5) is 11.5 Å². The summed E-state index contributed by atoms with van der Waals surface area (Å²) in [7, 11) is 0. The van der Waals surface area contributed by atoms with Crippen molar-refractivity contribution in [1.82, 2.24) is 9.97 Å². The van der Waals surface area contributed by atoms with E-state index in [0.29, 0.717) is 17.3 Å². The Bertz CT molecular complexity index is 1080. The lowest BCUT2D eigenvalue weighted by atomic mass is 10.1. The first kappa shape index (κ1) is 18.4. The molecule has 1 heterocycles. The van der Waals surface area contributed by atoms with Crippen LogP contribution in [0, 0.1) is 0 Å². The van der Waals surface area contributed by atoms with Crippen LogP contribution in [0.2, 0.25) is 0 Å². The third kappa shape index (κ3) is 4.47. The normalized spacial score (nSPS) is 11.3. The van der Waals surface area contributed by atoms with Crippen molar-refractivity contribution in [1.29, 1.82) is 0 Å². The summed E-state index contributed by atoms with van der Waals surface area (Å²) in [5.74, 6) is 1.27. The van der Waals surface area contributed by atoms with Gasteiger partial charge in [0, 0.05) is 22.9 Å². The van der Waals surface area contributed by atoms with Crippen LogP contribution in [0.5, 0.6) is 0 Å². The van der Waals surface area contributed by atoms with Crippen LogP contribution in [-0.2, 0) is 0 Å². The van der Waals surface area contributed by atoms with Crippen molar-refractivity contribution in [3.05, 3.63) is 96.6 Å². The topological polar surface area (TPSA) is 76.2 Å². The number of nitrogens with zero attached hydrogens (tertiary/aromatic N) is 3. The van der Waals surface area contributed by atoms with Gasteiger partial charge in [0.1, 0.15) is 0 Å². The highest BCUT2D eigenvalue weighted by Crippen LogP contribution is 2.24. The van der Waals surface area contributed by atoms with E-state index in [9.17, 15) is 0 Å². The molecule has 0 saturated carbocycles. The molecular formula is C24H21N5. The number of hydrogen-bond donors (Lipinski definition) is 2. The maximum atomic E-state index is 5.88. The van der Waals surface area contributed by atoms with E-state index in [4.69, 9.17) is 10.7 Å². The zero-order valence-electron chi connectivity index (χ0n) is 16.1. The van der Waals surface area contributed by atoms with Crippen LogP contribution in [0.25, 0.3) is 22.6 Å². The molecule has 0 unspecified atom stereocenters. The van der Waals surface area contributed by atoms with E-state index < -0.39 is 0 Å². The van der Waals surface area contributed by atoms with Crippen LogP contribution < -0.4 is 11.2 Å². The lowest BCUT2D eigenvalue weighted by Crippen LogP contribution is -2.03. The van der Waals surface area contributed by atoms with Crippen molar-refractivity contribution in [3.63, 3.8) is 0 Å². The summed E-state index contributed by atoms with van der Waals surface area (Å²) in [6.45, 7) is 1.93. The molecule has 5 nitrogen and oxygen atoms in total. The van der Waals surface area contributed by atoms with Gasteiger partial charge in [0.25, 0.3) is 0 Å². The van der Waals surface area contributed by atoms with Crippen LogP contribution in [-0.4, -0.2) is 15.7 Å². The van der Waals surface area contributed by atoms with Gasteiger partial charge in [-0.05, 0) is 24.6 Å².